The van der Waals surface area contributed by atoms with Gasteiger partial charge < -0.3 is 5.11 Å². The van der Waals surface area contributed by atoms with Crippen LogP contribution in [0.25, 0.3) is 0 Å². The molecule has 0 aromatic heterocycles. The van der Waals surface area contributed by atoms with Crippen LogP contribution in [0.3, 0.4) is 0 Å². The Morgan fingerprint density at radius 2 is 1.60 bits per heavy atom. The fraction of sp³-hybridized carbons (Fsp3) is 0.588. The van der Waals surface area contributed by atoms with Gasteiger partial charge in [0.25, 0.3) is 0 Å². The van der Waals surface area contributed by atoms with E-state index in [1.165, 1.54) is 5.56 Å². The Balaban J connectivity index is 2.82. The van der Waals surface area contributed by atoms with Gasteiger partial charge in [-0.15, -0.1) is 0 Å². The van der Waals surface area contributed by atoms with Crippen molar-refractivity contribution in [3.63, 3.8) is 0 Å². The van der Waals surface area contributed by atoms with Gasteiger partial charge >= 0.3 is 5.97 Å². The molecule has 0 heterocycles. The van der Waals surface area contributed by atoms with Gasteiger partial charge in [-0.25, -0.2) is 0 Å². The summed E-state index contributed by atoms with van der Waals surface area (Å²) in [5, 5.41) is 12.5. The highest BCUT2D eigenvalue weighted by Crippen LogP contribution is 2.22. The monoisotopic (exact) mass is 277 g/mol. The molecule has 0 spiro atoms. The Labute approximate surface area is 122 Å². The van der Waals surface area contributed by atoms with Crippen LogP contribution in [0.1, 0.15) is 52.7 Å². The number of carbonyl (C=O) groups is 1. The highest BCUT2D eigenvalue weighted by Gasteiger charge is 2.23. The fourth-order valence-electron chi connectivity index (χ4n) is 2.10. The zero-order chi connectivity index (χ0) is 15.6. The van der Waals surface area contributed by atoms with E-state index in [-0.39, 0.29) is 11.0 Å². The summed E-state index contributed by atoms with van der Waals surface area (Å²) in [5.41, 5.74) is 2.21. The topological polar surface area (TPSA) is 49.3 Å². The van der Waals surface area contributed by atoms with Crippen molar-refractivity contribution in [2.24, 2.45) is 0 Å². The first-order valence-electron chi connectivity index (χ1n) is 7.09. The van der Waals surface area contributed by atoms with Gasteiger partial charge in [-0.05, 0) is 43.7 Å². The lowest BCUT2D eigenvalue weighted by molar-refractivity contribution is -0.140. The van der Waals surface area contributed by atoms with Crippen molar-refractivity contribution in [1.82, 2.24) is 5.32 Å². The van der Waals surface area contributed by atoms with Gasteiger partial charge in [0.05, 0.1) is 0 Å². The molecule has 3 nitrogen and oxygen atoms in total. The van der Waals surface area contributed by atoms with E-state index in [1.807, 2.05) is 32.9 Å². The summed E-state index contributed by atoms with van der Waals surface area (Å²) in [6.07, 6.45) is 0.497. The Kier molecular flexibility index (Phi) is 4.98. The molecule has 0 amide bonds. The normalized spacial score (nSPS) is 14.1. The number of aliphatic carboxylic acids is 1. The number of hydrogen-bond acceptors (Lipinski definition) is 2. The van der Waals surface area contributed by atoms with Crippen LogP contribution in [0, 0.1) is 0 Å². The smallest absolute Gasteiger partial charge is 0.321 e. The van der Waals surface area contributed by atoms with E-state index in [0.717, 1.165) is 5.56 Å². The van der Waals surface area contributed by atoms with E-state index in [9.17, 15) is 9.90 Å². The maximum absolute atomic E-state index is 11.3. The lowest BCUT2D eigenvalue weighted by Gasteiger charge is -2.26. The number of rotatable bonds is 4. The quantitative estimate of drug-likeness (QED) is 0.887. The predicted molar refractivity (Wildman–Crippen MR) is 83.2 cm³/mol. The van der Waals surface area contributed by atoms with Crippen LogP contribution in [0.2, 0.25) is 0 Å². The standard InChI is InChI=1S/C17H27NO2/c1-16(2,3)13-9-7-12(8-10-13)11-14(15(19)20)18-17(4,5)6/h7-10,14,18H,11H2,1-6H3,(H,19,20). The number of hydrogen-bond donors (Lipinski definition) is 2. The van der Waals surface area contributed by atoms with Crippen molar-refractivity contribution in [1.29, 1.82) is 0 Å². The number of carboxylic acid groups (broad SMARTS) is 1. The van der Waals surface area contributed by atoms with Crippen molar-refractivity contribution in [2.45, 2.75) is 65.0 Å². The summed E-state index contributed by atoms with van der Waals surface area (Å²) in [6, 6.07) is 7.67. The van der Waals surface area contributed by atoms with Gasteiger partial charge in [-0.1, -0.05) is 45.0 Å². The molecule has 0 aliphatic rings. The molecule has 1 unspecified atom stereocenters. The van der Waals surface area contributed by atoms with Crippen LogP contribution in [-0.4, -0.2) is 22.7 Å². The van der Waals surface area contributed by atoms with Crippen LogP contribution in [0.15, 0.2) is 24.3 Å². The molecule has 112 valence electrons. The van der Waals surface area contributed by atoms with Gasteiger partial charge in [0.1, 0.15) is 6.04 Å². The van der Waals surface area contributed by atoms with E-state index in [4.69, 9.17) is 0 Å². The molecule has 2 N–H and O–H groups in total. The Hall–Kier alpha value is -1.35. The molecule has 0 aliphatic heterocycles. The second-order valence-corrected chi connectivity index (χ2v) is 7.44. The summed E-state index contributed by atoms with van der Waals surface area (Å²) in [7, 11) is 0. The van der Waals surface area contributed by atoms with Crippen molar-refractivity contribution < 1.29 is 9.90 Å². The average molecular weight is 277 g/mol. The zero-order valence-electron chi connectivity index (χ0n) is 13.4. The lowest BCUT2D eigenvalue weighted by atomic mass is 9.86. The molecule has 0 aliphatic carbocycles. The van der Waals surface area contributed by atoms with Crippen LogP contribution < -0.4 is 5.32 Å². The third-order valence-corrected chi connectivity index (χ3v) is 3.17. The van der Waals surface area contributed by atoms with Crippen LogP contribution in [-0.2, 0) is 16.6 Å². The first-order valence-corrected chi connectivity index (χ1v) is 7.09. The van der Waals surface area contributed by atoms with Gasteiger partial charge in [-0.2, -0.15) is 0 Å². The minimum atomic E-state index is -0.806. The minimum Gasteiger partial charge on any atom is -0.480 e. The first kappa shape index (κ1) is 16.7. The summed E-state index contributed by atoms with van der Waals surface area (Å²) in [6.45, 7) is 12.4. The molecule has 0 radical (unpaired) electrons. The number of benzene rings is 1. The molecule has 1 aromatic rings. The van der Waals surface area contributed by atoms with E-state index in [1.54, 1.807) is 0 Å². The highest BCUT2D eigenvalue weighted by atomic mass is 16.4. The molecular formula is C17H27NO2. The SMILES string of the molecule is CC(C)(C)NC(Cc1ccc(C(C)(C)C)cc1)C(=O)O. The second kappa shape index (κ2) is 5.96. The van der Waals surface area contributed by atoms with Crippen molar-refractivity contribution in [3.05, 3.63) is 35.4 Å². The number of nitrogens with one attached hydrogen (secondary N) is 1. The summed E-state index contributed by atoms with van der Waals surface area (Å²) >= 11 is 0. The van der Waals surface area contributed by atoms with Crippen molar-refractivity contribution in [2.75, 3.05) is 0 Å². The highest BCUT2D eigenvalue weighted by molar-refractivity contribution is 5.74. The molecule has 0 bridgehead atoms. The largest absolute Gasteiger partial charge is 0.480 e. The van der Waals surface area contributed by atoms with Crippen molar-refractivity contribution in [3.8, 4) is 0 Å². The van der Waals surface area contributed by atoms with Gasteiger partial charge in [0, 0.05) is 5.54 Å². The molecule has 0 saturated carbocycles. The van der Waals surface area contributed by atoms with Crippen LogP contribution in [0.5, 0.6) is 0 Å². The van der Waals surface area contributed by atoms with E-state index in [0.29, 0.717) is 6.42 Å². The fourth-order valence-corrected chi connectivity index (χ4v) is 2.10. The maximum atomic E-state index is 11.3. The predicted octanol–water partition coefficient (Wildman–Crippen LogP) is 3.37. The maximum Gasteiger partial charge on any atom is 0.321 e. The van der Waals surface area contributed by atoms with E-state index < -0.39 is 12.0 Å². The third-order valence-electron chi connectivity index (χ3n) is 3.17. The first-order chi connectivity index (χ1) is 8.99. The van der Waals surface area contributed by atoms with E-state index in [2.05, 4.69) is 38.2 Å². The lowest BCUT2D eigenvalue weighted by Crippen LogP contribution is -2.48. The van der Waals surface area contributed by atoms with Gasteiger partial charge in [0.15, 0.2) is 0 Å². The number of carboxylic acids is 1. The Morgan fingerprint density at radius 3 is 1.95 bits per heavy atom. The molecule has 3 heteroatoms. The molecule has 0 fully saturated rings. The van der Waals surface area contributed by atoms with Crippen LogP contribution in [0.4, 0.5) is 0 Å². The Bertz CT molecular complexity index is 449. The third kappa shape index (κ3) is 5.33. The van der Waals surface area contributed by atoms with Gasteiger partial charge in [0.2, 0.25) is 0 Å². The summed E-state index contributed by atoms with van der Waals surface area (Å²) in [5.74, 6) is -0.806. The Morgan fingerprint density at radius 1 is 1.10 bits per heavy atom. The summed E-state index contributed by atoms with van der Waals surface area (Å²) < 4.78 is 0. The molecule has 0 saturated heterocycles. The molecule has 1 rings (SSSR count). The van der Waals surface area contributed by atoms with Crippen LogP contribution >= 0.6 is 0 Å². The molecule has 1 aromatic carbocycles. The average Bonchev–Trinajstić information content (AvgIpc) is 2.25. The molecule has 20 heavy (non-hydrogen) atoms. The molecule has 1 atom stereocenters. The second-order valence-electron chi connectivity index (χ2n) is 7.44. The zero-order valence-corrected chi connectivity index (χ0v) is 13.4. The van der Waals surface area contributed by atoms with E-state index >= 15 is 0 Å². The van der Waals surface area contributed by atoms with Crippen molar-refractivity contribution >= 4 is 5.97 Å². The molecular weight excluding hydrogens is 250 g/mol. The minimum absolute atomic E-state index is 0.119. The summed E-state index contributed by atoms with van der Waals surface area (Å²) in [4.78, 5) is 11.3. The van der Waals surface area contributed by atoms with Gasteiger partial charge in [-0.3, -0.25) is 10.1 Å².